The summed E-state index contributed by atoms with van der Waals surface area (Å²) in [4.78, 5) is 4.50. The van der Waals surface area contributed by atoms with Crippen LogP contribution in [0.3, 0.4) is 0 Å². The Hall–Kier alpha value is -1.95. The topological polar surface area (TPSA) is 75.1 Å². The number of ether oxygens (including phenoxy) is 2. The zero-order valence-electron chi connectivity index (χ0n) is 16.1. The Morgan fingerprint density at radius 3 is 2.36 bits per heavy atom. The Balaban J connectivity index is 2.61. The van der Waals surface area contributed by atoms with Gasteiger partial charge in [0, 0.05) is 6.54 Å². The van der Waals surface area contributed by atoms with Crippen LogP contribution in [0.25, 0.3) is 0 Å². The standard InChI is InChI=1S/C19H33N3O3/c1-6-19(23,7-2)14-22-18(20-8-3)21-13-15(4)25-17-12-10-9-11-16(17)24-5/h9-12,15,23H,6-8,13-14H2,1-5H3,(H2,20,21,22). The van der Waals surface area contributed by atoms with Gasteiger partial charge >= 0.3 is 0 Å². The molecule has 3 N–H and O–H groups in total. The van der Waals surface area contributed by atoms with Crippen LogP contribution in [-0.4, -0.2) is 49.5 Å². The summed E-state index contributed by atoms with van der Waals surface area (Å²) in [7, 11) is 1.63. The van der Waals surface area contributed by atoms with Gasteiger partial charge in [-0.05, 0) is 38.8 Å². The molecule has 0 aliphatic heterocycles. The van der Waals surface area contributed by atoms with Gasteiger partial charge in [0.05, 0.1) is 25.8 Å². The van der Waals surface area contributed by atoms with Gasteiger partial charge < -0.3 is 25.2 Å². The van der Waals surface area contributed by atoms with Crippen LogP contribution in [0.1, 0.15) is 40.5 Å². The summed E-state index contributed by atoms with van der Waals surface area (Å²) in [5.41, 5.74) is -0.748. The number of benzene rings is 1. The van der Waals surface area contributed by atoms with Crippen molar-refractivity contribution in [2.24, 2.45) is 4.99 Å². The molecule has 0 saturated heterocycles. The summed E-state index contributed by atoms with van der Waals surface area (Å²) in [5.74, 6) is 2.11. The van der Waals surface area contributed by atoms with E-state index >= 15 is 0 Å². The van der Waals surface area contributed by atoms with E-state index in [1.165, 1.54) is 0 Å². The van der Waals surface area contributed by atoms with E-state index in [4.69, 9.17) is 9.47 Å². The molecule has 0 amide bonds. The van der Waals surface area contributed by atoms with Crippen LogP contribution in [0.15, 0.2) is 29.3 Å². The van der Waals surface area contributed by atoms with Gasteiger partial charge in [0.2, 0.25) is 0 Å². The molecule has 0 aromatic heterocycles. The Morgan fingerprint density at radius 1 is 1.16 bits per heavy atom. The van der Waals surface area contributed by atoms with Gasteiger partial charge in [-0.1, -0.05) is 26.0 Å². The summed E-state index contributed by atoms with van der Waals surface area (Å²) >= 11 is 0. The smallest absolute Gasteiger partial charge is 0.191 e. The minimum Gasteiger partial charge on any atom is -0.493 e. The first-order valence-electron chi connectivity index (χ1n) is 9.02. The van der Waals surface area contributed by atoms with E-state index in [-0.39, 0.29) is 6.10 Å². The average molecular weight is 351 g/mol. The third-order valence-corrected chi connectivity index (χ3v) is 4.15. The molecule has 0 saturated carbocycles. The monoisotopic (exact) mass is 351 g/mol. The molecule has 0 aliphatic rings. The number of nitrogens with zero attached hydrogens (tertiary/aromatic N) is 1. The molecule has 6 nitrogen and oxygen atoms in total. The van der Waals surface area contributed by atoms with Crippen molar-refractivity contribution in [3.05, 3.63) is 24.3 Å². The first-order chi connectivity index (χ1) is 12.0. The minimum atomic E-state index is -0.748. The molecule has 1 atom stereocenters. The predicted octanol–water partition coefficient (Wildman–Crippen LogP) is 2.57. The minimum absolute atomic E-state index is 0.0728. The van der Waals surface area contributed by atoms with Crippen LogP contribution in [-0.2, 0) is 0 Å². The maximum Gasteiger partial charge on any atom is 0.191 e. The third kappa shape index (κ3) is 7.22. The molecular formula is C19H33N3O3. The van der Waals surface area contributed by atoms with Gasteiger partial charge in [-0.3, -0.25) is 4.99 Å². The van der Waals surface area contributed by atoms with E-state index in [2.05, 4.69) is 15.6 Å². The van der Waals surface area contributed by atoms with Crippen molar-refractivity contribution in [1.29, 1.82) is 0 Å². The van der Waals surface area contributed by atoms with Crippen LogP contribution in [0.4, 0.5) is 0 Å². The van der Waals surface area contributed by atoms with Gasteiger partial charge in [0.15, 0.2) is 17.5 Å². The lowest BCUT2D eigenvalue weighted by Gasteiger charge is -2.24. The molecule has 0 fully saturated rings. The maximum atomic E-state index is 10.4. The number of para-hydroxylation sites is 2. The number of nitrogens with one attached hydrogen (secondary N) is 2. The van der Waals surface area contributed by atoms with Gasteiger partial charge in [-0.2, -0.15) is 0 Å². The number of rotatable bonds is 10. The van der Waals surface area contributed by atoms with E-state index in [9.17, 15) is 5.11 Å². The molecule has 1 aromatic rings. The van der Waals surface area contributed by atoms with Gasteiger partial charge in [-0.15, -0.1) is 0 Å². The van der Waals surface area contributed by atoms with Crippen molar-refractivity contribution in [2.75, 3.05) is 26.7 Å². The van der Waals surface area contributed by atoms with Gasteiger partial charge in [-0.25, -0.2) is 0 Å². The number of aliphatic imine (C=N–C) groups is 1. The first kappa shape index (κ1) is 21.1. The number of hydrogen-bond acceptors (Lipinski definition) is 4. The fourth-order valence-electron chi connectivity index (χ4n) is 2.26. The molecule has 0 heterocycles. The lowest BCUT2D eigenvalue weighted by atomic mass is 9.98. The number of guanidine groups is 1. The molecule has 25 heavy (non-hydrogen) atoms. The number of methoxy groups -OCH3 is 1. The molecular weight excluding hydrogens is 318 g/mol. The van der Waals surface area contributed by atoms with Crippen LogP contribution in [0, 0.1) is 0 Å². The fourth-order valence-corrected chi connectivity index (χ4v) is 2.26. The van der Waals surface area contributed by atoms with Crippen LogP contribution in [0.2, 0.25) is 0 Å². The van der Waals surface area contributed by atoms with E-state index in [1.807, 2.05) is 52.0 Å². The summed E-state index contributed by atoms with van der Waals surface area (Å²) in [6, 6.07) is 7.58. The Kier molecular flexibility index (Phi) is 9.13. The highest BCUT2D eigenvalue weighted by atomic mass is 16.5. The Labute approximate surface area is 151 Å². The van der Waals surface area contributed by atoms with Gasteiger partial charge in [0.1, 0.15) is 6.10 Å². The Bertz CT molecular complexity index is 530. The second-order valence-corrected chi connectivity index (χ2v) is 6.09. The Morgan fingerprint density at radius 2 is 1.80 bits per heavy atom. The molecule has 0 radical (unpaired) electrons. The summed E-state index contributed by atoms with van der Waals surface area (Å²) < 4.78 is 11.2. The van der Waals surface area contributed by atoms with Crippen molar-refractivity contribution in [1.82, 2.24) is 10.6 Å². The summed E-state index contributed by atoms with van der Waals surface area (Å²) in [6.45, 7) is 9.65. The lowest BCUT2D eigenvalue weighted by molar-refractivity contribution is 0.0418. The maximum absolute atomic E-state index is 10.4. The van der Waals surface area contributed by atoms with E-state index in [0.29, 0.717) is 43.4 Å². The van der Waals surface area contributed by atoms with Crippen molar-refractivity contribution >= 4 is 5.96 Å². The highest BCUT2D eigenvalue weighted by Gasteiger charge is 2.21. The molecule has 142 valence electrons. The second-order valence-electron chi connectivity index (χ2n) is 6.09. The van der Waals surface area contributed by atoms with Crippen molar-refractivity contribution in [3.8, 4) is 11.5 Å². The van der Waals surface area contributed by atoms with E-state index < -0.39 is 5.60 Å². The van der Waals surface area contributed by atoms with Crippen LogP contribution < -0.4 is 20.1 Å². The number of hydrogen-bond donors (Lipinski definition) is 3. The first-order valence-corrected chi connectivity index (χ1v) is 9.02. The largest absolute Gasteiger partial charge is 0.493 e. The molecule has 1 rings (SSSR count). The molecule has 0 aliphatic carbocycles. The zero-order chi connectivity index (χ0) is 18.7. The average Bonchev–Trinajstić information content (AvgIpc) is 2.64. The molecule has 0 bridgehead atoms. The quantitative estimate of drug-likeness (QED) is 0.446. The normalized spacial score (nSPS) is 13.3. The van der Waals surface area contributed by atoms with Gasteiger partial charge in [0.25, 0.3) is 0 Å². The van der Waals surface area contributed by atoms with Crippen LogP contribution >= 0.6 is 0 Å². The molecule has 1 aromatic carbocycles. The SMILES string of the molecule is CCNC(=NCC(O)(CC)CC)NCC(C)Oc1ccccc1OC. The van der Waals surface area contributed by atoms with E-state index in [1.54, 1.807) is 7.11 Å². The van der Waals surface area contributed by atoms with Crippen molar-refractivity contribution in [2.45, 2.75) is 52.2 Å². The highest BCUT2D eigenvalue weighted by molar-refractivity contribution is 5.79. The van der Waals surface area contributed by atoms with Crippen molar-refractivity contribution in [3.63, 3.8) is 0 Å². The zero-order valence-corrected chi connectivity index (χ0v) is 16.1. The van der Waals surface area contributed by atoms with Crippen molar-refractivity contribution < 1.29 is 14.6 Å². The third-order valence-electron chi connectivity index (χ3n) is 4.15. The molecule has 6 heteroatoms. The molecule has 1 unspecified atom stereocenters. The summed E-state index contributed by atoms with van der Waals surface area (Å²) in [6.07, 6.45) is 1.29. The fraction of sp³-hybridized carbons (Fsp3) is 0.632. The second kappa shape index (κ2) is 10.8. The predicted molar refractivity (Wildman–Crippen MR) is 103 cm³/mol. The van der Waals surface area contributed by atoms with Crippen LogP contribution in [0.5, 0.6) is 11.5 Å². The molecule has 0 spiro atoms. The highest BCUT2D eigenvalue weighted by Crippen LogP contribution is 2.26. The number of aliphatic hydroxyl groups is 1. The van der Waals surface area contributed by atoms with E-state index in [0.717, 1.165) is 6.54 Å². The summed E-state index contributed by atoms with van der Waals surface area (Å²) in [5, 5.41) is 16.8. The lowest BCUT2D eigenvalue weighted by Crippen LogP contribution is -2.43.